The van der Waals surface area contributed by atoms with Gasteiger partial charge in [-0.15, -0.1) is 0 Å². The lowest BCUT2D eigenvalue weighted by Gasteiger charge is -2.13. The van der Waals surface area contributed by atoms with E-state index in [0.29, 0.717) is 17.6 Å². The van der Waals surface area contributed by atoms with Crippen molar-refractivity contribution < 1.29 is 19.1 Å². The molecule has 1 aromatic rings. The molecule has 15 heavy (non-hydrogen) atoms. The molecule has 1 rings (SSSR count). The maximum atomic E-state index is 11.1. The second-order valence-electron chi connectivity index (χ2n) is 2.94. The summed E-state index contributed by atoms with van der Waals surface area (Å²) in [6.07, 6.45) is -0.0459. The molecular formula is C11H12O4. The highest BCUT2D eigenvalue weighted by atomic mass is 16.6. The van der Waals surface area contributed by atoms with Crippen LogP contribution in [0.5, 0.6) is 5.75 Å². The van der Waals surface area contributed by atoms with Gasteiger partial charge in [0.2, 0.25) is 0 Å². The summed E-state index contributed by atoms with van der Waals surface area (Å²) in [6, 6.07) is 6.70. The van der Waals surface area contributed by atoms with E-state index in [1.807, 2.05) is 0 Å². The molecule has 0 amide bonds. The van der Waals surface area contributed by atoms with Crippen molar-refractivity contribution in [3.05, 3.63) is 29.8 Å². The number of methoxy groups -OCH3 is 1. The predicted octanol–water partition coefficient (Wildman–Crippen LogP) is 1.44. The smallest absolute Gasteiger partial charge is 0.346 e. The number of hydrogen-bond acceptors (Lipinski definition) is 4. The number of carbonyl (C=O) groups excluding carboxylic acids is 2. The van der Waals surface area contributed by atoms with Crippen molar-refractivity contribution in [2.75, 3.05) is 7.11 Å². The first kappa shape index (κ1) is 11.2. The Morgan fingerprint density at radius 3 is 2.67 bits per heavy atom. The lowest BCUT2D eigenvalue weighted by Crippen LogP contribution is -2.25. The Hall–Kier alpha value is -1.84. The van der Waals surface area contributed by atoms with Gasteiger partial charge in [-0.2, -0.15) is 0 Å². The fourth-order valence-electron chi connectivity index (χ4n) is 1.09. The molecule has 80 valence electrons. The molecule has 0 spiro atoms. The lowest BCUT2D eigenvalue weighted by molar-refractivity contribution is -0.147. The van der Waals surface area contributed by atoms with Crippen LogP contribution in [0.4, 0.5) is 0 Å². The molecule has 0 heterocycles. The van der Waals surface area contributed by atoms with Crippen LogP contribution in [0.15, 0.2) is 24.3 Å². The molecule has 0 aliphatic heterocycles. The Morgan fingerprint density at radius 2 is 2.07 bits per heavy atom. The third kappa shape index (κ3) is 2.80. The van der Waals surface area contributed by atoms with Gasteiger partial charge < -0.3 is 9.47 Å². The minimum absolute atomic E-state index is 0.380. The highest BCUT2D eigenvalue weighted by Gasteiger charge is 2.15. The molecule has 4 nitrogen and oxygen atoms in total. The van der Waals surface area contributed by atoms with Crippen molar-refractivity contribution >= 4 is 12.3 Å². The van der Waals surface area contributed by atoms with Crippen molar-refractivity contribution in [1.29, 1.82) is 0 Å². The largest absolute Gasteiger partial charge is 0.478 e. The quantitative estimate of drug-likeness (QED) is 0.555. The molecule has 0 aromatic heterocycles. The average molecular weight is 208 g/mol. The zero-order chi connectivity index (χ0) is 11.3. The predicted molar refractivity (Wildman–Crippen MR) is 53.9 cm³/mol. The van der Waals surface area contributed by atoms with E-state index in [9.17, 15) is 9.59 Å². The van der Waals surface area contributed by atoms with Crippen LogP contribution in [0.3, 0.4) is 0 Å². The number of aldehydes is 1. The van der Waals surface area contributed by atoms with Crippen LogP contribution in [0.2, 0.25) is 0 Å². The number of para-hydroxylation sites is 1. The molecule has 0 saturated carbocycles. The van der Waals surface area contributed by atoms with Gasteiger partial charge in [-0.3, -0.25) is 4.79 Å². The zero-order valence-corrected chi connectivity index (χ0v) is 8.60. The summed E-state index contributed by atoms with van der Waals surface area (Å²) in [5.74, 6) is -0.0962. The monoisotopic (exact) mass is 208 g/mol. The Kier molecular flexibility index (Phi) is 3.85. The molecule has 1 aromatic carbocycles. The maximum Gasteiger partial charge on any atom is 0.346 e. The van der Waals surface area contributed by atoms with Crippen molar-refractivity contribution in [2.24, 2.45) is 0 Å². The summed E-state index contributed by atoms with van der Waals surface area (Å²) in [5, 5.41) is 0. The van der Waals surface area contributed by atoms with E-state index < -0.39 is 12.1 Å². The van der Waals surface area contributed by atoms with Crippen molar-refractivity contribution in [3.63, 3.8) is 0 Å². The molecule has 0 bridgehead atoms. The van der Waals surface area contributed by atoms with Gasteiger partial charge in [0, 0.05) is 0 Å². The van der Waals surface area contributed by atoms with Crippen molar-refractivity contribution in [3.8, 4) is 5.75 Å². The number of carbonyl (C=O) groups is 2. The Labute approximate surface area is 87.8 Å². The third-order valence-electron chi connectivity index (χ3n) is 1.88. The minimum Gasteiger partial charge on any atom is -0.478 e. The van der Waals surface area contributed by atoms with Crippen molar-refractivity contribution in [2.45, 2.75) is 13.0 Å². The van der Waals surface area contributed by atoms with Gasteiger partial charge in [0.05, 0.1) is 12.7 Å². The van der Waals surface area contributed by atoms with Gasteiger partial charge in [0.25, 0.3) is 0 Å². The van der Waals surface area contributed by atoms with Crippen molar-refractivity contribution in [1.82, 2.24) is 0 Å². The second-order valence-corrected chi connectivity index (χ2v) is 2.94. The highest BCUT2D eigenvalue weighted by molar-refractivity contribution is 5.80. The SMILES string of the molecule is COC(=O)[C@H](C)Oc1ccccc1C=O. The molecule has 0 aliphatic rings. The highest BCUT2D eigenvalue weighted by Crippen LogP contribution is 2.17. The van der Waals surface area contributed by atoms with Gasteiger partial charge in [-0.1, -0.05) is 12.1 Å². The fourth-order valence-corrected chi connectivity index (χ4v) is 1.09. The Balaban J connectivity index is 2.80. The van der Waals surface area contributed by atoms with Gasteiger partial charge in [0.1, 0.15) is 5.75 Å². The molecule has 4 heteroatoms. The van der Waals surface area contributed by atoms with Crippen LogP contribution in [-0.4, -0.2) is 25.5 Å². The summed E-state index contributed by atoms with van der Waals surface area (Å²) < 4.78 is 9.79. The number of benzene rings is 1. The molecule has 0 unspecified atom stereocenters. The standard InChI is InChI=1S/C11H12O4/c1-8(11(13)14-2)15-10-6-4-3-5-9(10)7-12/h3-8H,1-2H3/t8-/m0/s1. The third-order valence-corrected chi connectivity index (χ3v) is 1.88. The maximum absolute atomic E-state index is 11.1. The Morgan fingerprint density at radius 1 is 1.40 bits per heavy atom. The number of ether oxygens (including phenoxy) is 2. The van der Waals surface area contributed by atoms with E-state index >= 15 is 0 Å². The normalized spacial score (nSPS) is 11.6. The number of hydrogen-bond donors (Lipinski definition) is 0. The molecular weight excluding hydrogens is 196 g/mol. The number of esters is 1. The van der Waals surface area contributed by atoms with Crippen LogP contribution in [-0.2, 0) is 9.53 Å². The van der Waals surface area contributed by atoms with Crippen LogP contribution >= 0.6 is 0 Å². The topological polar surface area (TPSA) is 52.6 Å². The van der Waals surface area contributed by atoms with Crippen LogP contribution < -0.4 is 4.74 Å². The van der Waals surface area contributed by atoms with Crippen LogP contribution in [0.1, 0.15) is 17.3 Å². The Bertz CT molecular complexity index is 359. The first-order valence-electron chi connectivity index (χ1n) is 4.47. The molecule has 0 N–H and O–H groups in total. The lowest BCUT2D eigenvalue weighted by atomic mass is 10.2. The first-order chi connectivity index (χ1) is 7.19. The summed E-state index contributed by atoms with van der Waals surface area (Å²) in [4.78, 5) is 21.7. The van der Waals surface area contributed by atoms with E-state index in [-0.39, 0.29) is 0 Å². The van der Waals surface area contributed by atoms with Gasteiger partial charge >= 0.3 is 5.97 Å². The molecule has 0 fully saturated rings. The molecule has 0 aliphatic carbocycles. The zero-order valence-electron chi connectivity index (χ0n) is 8.60. The van der Waals surface area contributed by atoms with Gasteiger partial charge in [0.15, 0.2) is 12.4 Å². The summed E-state index contributed by atoms with van der Waals surface area (Å²) in [7, 11) is 1.29. The van der Waals surface area contributed by atoms with Gasteiger partial charge in [-0.25, -0.2) is 4.79 Å². The molecule has 0 saturated heterocycles. The molecule has 0 radical (unpaired) electrons. The van der Waals surface area contributed by atoms with E-state index in [0.717, 1.165) is 0 Å². The summed E-state index contributed by atoms with van der Waals surface area (Å²) in [6.45, 7) is 1.56. The van der Waals surface area contributed by atoms with E-state index in [1.165, 1.54) is 7.11 Å². The average Bonchev–Trinajstić information content (AvgIpc) is 2.28. The van der Waals surface area contributed by atoms with E-state index in [4.69, 9.17) is 4.74 Å². The van der Waals surface area contributed by atoms with Crippen LogP contribution in [0, 0.1) is 0 Å². The number of rotatable bonds is 4. The fraction of sp³-hybridized carbons (Fsp3) is 0.273. The molecule has 1 atom stereocenters. The van der Waals surface area contributed by atoms with E-state index in [2.05, 4.69) is 4.74 Å². The summed E-state index contributed by atoms with van der Waals surface area (Å²) >= 11 is 0. The summed E-state index contributed by atoms with van der Waals surface area (Å²) in [5.41, 5.74) is 0.410. The van der Waals surface area contributed by atoms with Gasteiger partial charge in [-0.05, 0) is 19.1 Å². The first-order valence-corrected chi connectivity index (χ1v) is 4.47. The van der Waals surface area contributed by atoms with E-state index in [1.54, 1.807) is 31.2 Å². The minimum atomic E-state index is -0.726. The second kappa shape index (κ2) is 5.14. The van der Waals surface area contributed by atoms with Crippen LogP contribution in [0.25, 0.3) is 0 Å².